The second-order valence-corrected chi connectivity index (χ2v) is 8.86. The first kappa shape index (κ1) is 18.5. The number of hydrogen-bond donors (Lipinski definition) is 1. The first-order chi connectivity index (χ1) is 14.1. The molecule has 3 aromatic heterocycles. The second-order valence-electron chi connectivity index (χ2n) is 7.96. The molecule has 152 valence electrons. The maximum absolute atomic E-state index is 13.0. The molecule has 5 rings (SSSR count). The van der Waals surface area contributed by atoms with E-state index in [-0.39, 0.29) is 18.0 Å². The number of piperidine rings is 1. The summed E-state index contributed by atoms with van der Waals surface area (Å²) in [5, 5.41) is 7.18. The number of thiazole rings is 1. The Morgan fingerprint density at radius 2 is 2.17 bits per heavy atom. The van der Waals surface area contributed by atoms with E-state index in [1.54, 1.807) is 6.20 Å². The summed E-state index contributed by atoms with van der Waals surface area (Å²) in [6.07, 6.45) is 7.71. The number of rotatable bonds is 3. The Labute approximate surface area is 173 Å². The molecule has 0 aromatic carbocycles. The van der Waals surface area contributed by atoms with E-state index in [0.717, 1.165) is 68.0 Å². The van der Waals surface area contributed by atoms with Crippen LogP contribution in [0.4, 0.5) is 5.82 Å². The van der Waals surface area contributed by atoms with Crippen molar-refractivity contribution in [3.63, 3.8) is 0 Å². The zero-order chi connectivity index (χ0) is 20.0. The Balaban J connectivity index is 1.48. The summed E-state index contributed by atoms with van der Waals surface area (Å²) >= 11 is 1.39. The second kappa shape index (κ2) is 7.38. The molecule has 2 saturated heterocycles. The maximum atomic E-state index is 13.0. The fraction of sp³-hybridized carbons (Fsp3) is 0.500. The quantitative estimate of drug-likeness (QED) is 0.711. The molecule has 5 heterocycles. The van der Waals surface area contributed by atoms with Gasteiger partial charge in [-0.2, -0.15) is 5.10 Å². The molecule has 2 atom stereocenters. The van der Waals surface area contributed by atoms with Crippen LogP contribution in [0.25, 0.3) is 5.65 Å². The summed E-state index contributed by atoms with van der Waals surface area (Å²) in [4.78, 5) is 26.3. The van der Waals surface area contributed by atoms with Crippen LogP contribution in [0, 0.1) is 6.92 Å². The van der Waals surface area contributed by atoms with Gasteiger partial charge in [-0.15, -0.1) is 11.3 Å². The molecule has 29 heavy (non-hydrogen) atoms. The highest BCUT2D eigenvalue weighted by atomic mass is 32.1. The highest BCUT2D eigenvalue weighted by Gasteiger charge is 2.32. The third-order valence-corrected chi connectivity index (χ3v) is 6.63. The molecule has 9 heteroatoms. The van der Waals surface area contributed by atoms with Gasteiger partial charge in [-0.25, -0.2) is 14.5 Å². The average molecular weight is 412 g/mol. The fourth-order valence-corrected chi connectivity index (χ4v) is 5.01. The normalized spacial score (nSPS) is 22.6. The summed E-state index contributed by atoms with van der Waals surface area (Å²) in [6, 6.07) is 2.20. The van der Waals surface area contributed by atoms with Gasteiger partial charge < -0.3 is 15.5 Å². The van der Waals surface area contributed by atoms with E-state index in [0.29, 0.717) is 5.01 Å². The molecule has 2 fully saturated rings. The lowest BCUT2D eigenvalue weighted by atomic mass is 9.99. The fourth-order valence-electron chi connectivity index (χ4n) is 4.42. The van der Waals surface area contributed by atoms with Crippen LogP contribution in [0.15, 0.2) is 23.8 Å². The molecule has 2 aliphatic heterocycles. The summed E-state index contributed by atoms with van der Waals surface area (Å²) in [6.45, 7) is 4.57. The van der Waals surface area contributed by atoms with E-state index < -0.39 is 0 Å². The van der Waals surface area contributed by atoms with Crippen molar-refractivity contribution in [1.29, 1.82) is 0 Å². The average Bonchev–Trinajstić information content (AvgIpc) is 3.47. The molecule has 0 aliphatic carbocycles. The van der Waals surface area contributed by atoms with Gasteiger partial charge in [-0.05, 0) is 32.6 Å². The standard InChI is InChI=1S/C20H25N7OS/c1-13-11-27-17(23-18(13)25-8-5-14(21)12-25)10-15(24-27)16-4-2-3-7-26(16)20(28)19-22-6-9-29-19/h6,9-11,14,16H,2-5,7-8,12,21H2,1H3/t14-,16-/m0/s1. The minimum Gasteiger partial charge on any atom is -0.355 e. The van der Waals surface area contributed by atoms with Crippen molar-refractivity contribution < 1.29 is 4.79 Å². The zero-order valence-electron chi connectivity index (χ0n) is 16.5. The SMILES string of the molecule is Cc1cn2nc([C@@H]3CCCCN3C(=O)c3nccs3)cc2nc1N1CC[C@H](N)C1. The van der Waals surface area contributed by atoms with E-state index in [9.17, 15) is 4.79 Å². The summed E-state index contributed by atoms with van der Waals surface area (Å²) in [5.74, 6) is 0.980. The molecular weight excluding hydrogens is 386 g/mol. The van der Waals surface area contributed by atoms with E-state index in [4.69, 9.17) is 15.8 Å². The third kappa shape index (κ3) is 3.38. The van der Waals surface area contributed by atoms with Gasteiger partial charge in [0.1, 0.15) is 5.82 Å². The van der Waals surface area contributed by atoms with Crippen molar-refractivity contribution in [1.82, 2.24) is 24.5 Å². The number of amides is 1. The monoisotopic (exact) mass is 411 g/mol. The first-order valence-electron chi connectivity index (χ1n) is 10.2. The Bertz CT molecular complexity index is 1030. The third-order valence-electron chi connectivity index (χ3n) is 5.87. The number of likely N-dealkylation sites (tertiary alicyclic amines) is 1. The minimum absolute atomic E-state index is 0.00219. The van der Waals surface area contributed by atoms with Crippen LogP contribution in [0.2, 0.25) is 0 Å². The predicted molar refractivity (Wildman–Crippen MR) is 112 cm³/mol. The topological polar surface area (TPSA) is 92.6 Å². The molecule has 2 aliphatic rings. The number of aromatic nitrogens is 4. The summed E-state index contributed by atoms with van der Waals surface area (Å²) in [7, 11) is 0. The highest BCUT2D eigenvalue weighted by Crippen LogP contribution is 2.33. The van der Waals surface area contributed by atoms with Crippen molar-refractivity contribution in [2.24, 2.45) is 5.73 Å². The van der Waals surface area contributed by atoms with Gasteiger partial charge in [0, 0.05) is 55.1 Å². The van der Waals surface area contributed by atoms with E-state index in [2.05, 4.69) is 16.8 Å². The van der Waals surface area contributed by atoms with Crippen molar-refractivity contribution in [3.05, 3.63) is 40.1 Å². The Kier molecular flexibility index (Phi) is 4.71. The largest absolute Gasteiger partial charge is 0.355 e. The molecule has 0 saturated carbocycles. The number of anilines is 1. The van der Waals surface area contributed by atoms with Gasteiger partial charge in [-0.1, -0.05) is 0 Å². The molecular formula is C20H25N7OS. The number of fused-ring (bicyclic) bond motifs is 1. The van der Waals surface area contributed by atoms with Crippen LogP contribution in [-0.2, 0) is 0 Å². The number of nitrogens with two attached hydrogens (primary N) is 1. The van der Waals surface area contributed by atoms with Gasteiger partial charge in [0.15, 0.2) is 10.7 Å². The van der Waals surface area contributed by atoms with E-state index >= 15 is 0 Å². The Morgan fingerprint density at radius 1 is 1.28 bits per heavy atom. The molecule has 0 unspecified atom stereocenters. The van der Waals surface area contributed by atoms with Gasteiger partial charge in [0.2, 0.25) is 0 Å². The van der Waals surface area contributed by atoms with E-state index in [1.807, 2.05) is 27.1 Å². The Hall–Kier alpha value is -2.52. The van der Waals surface area contributed by atoms with Crippen LogP contribution in [-0.4, -0.2) is 56.1 Å². The predicted octanol–water partition coefficient (Wildman–Crippen LogP) is 2.40. The van der Waals surface area contributed by atoms with Crippen molar-refractivity contribution >= 4 is 28.7 Å². The molecule has 8 nitrogen and oxygen atoms in total. The van der Waals surface area contributed by atoms with Crippen LogP contribution >= 0.6 is 11.3 Å². The van der Waals surface area contributed by atoms with Crippen LogP contribution in [0.3, 0.4) is 0 Å². The lowest BCUT2D eigenvalue weighted by Crippen LogP contribution is -2.38. The van der Waals surface area contributed by atoms with Crippen LogP contribution in [0.1, 0.15) is 52.8 Å². The maximum Gasteiger partial charge on any atom is 0.283 e. The van der Waals surface area contributed by atoms with Crippen LogP contribution in [0.5, 0.6) is 0 Å². The minimum atomic E-state index is -0.0363. The van der Waals surface area contributed by atoms with Crippen molar-refractivity contribution in [3.8, 4) is 0 Å². The molecule has 3 aromatic rings. The molecule has 0 radical (unpaired) electrons. The molecule has 0 bridgehead atoms. The highest BCUT2D eigenvalue weighted by molar-refractivity contribution is 7.11. The van der Waals surface area contributed by atoms with Gasteiger partial charge in [0.05, 0.1) is 11.7 Å². The number of nitrogens with zero attached hydrogens (tertiary/aromatic N) is 6. The molecule has 0 spiro atoms. The van der Waals surface area contributed by atoms with Crippen LogP contribution < -0.4 is 10.6 Å². The van der Waals surface area contributed by atoms with Gasteiger partial charge >= 0.3 is 0 Å². The van der Waals surface area contributed by atoms with E-state index in [1.165, 1.54) is 11.3 Å². The first-order valence-corrected chi connectivity index (χ1v) is 11.1. The van der Waals surface area contributed by atoms with Crippen molar-refractivity contribution in [2.45, 2.75) is 44.7 Å². The van der Waals surface area contributed by atoms with Gasteiger partial charge in [0.25, 0.3) is 5.91 Å². The number of hydrogen-bond acceptors (Lipinski definition) is 7. The summed E-state index contributed by atoms with van der Waals surface area (Å²) in [5.41, 5.74) is 8.88. The van der Waals surface area contributed by atoms with Crippen molar-refractivity contribution in [2.75, 3.05) is 24.5 Å². The lowest BCUT2D eigenvalue weighted by molar-refractivity contribution is 0.0605. The number of carbonyl (C=O) groups is 1. The molecule has 1 amide bonds. The Morgan fingerprint density at radius 3 is 2.93 bits per heavy atom. The smallest absolute Gasteiger partial charge is 0.283 e. The molecule has 2 N–H and O–H groups in total. The lowest BCUT2D eigenvalue weighted by Gasteiger charge is -2.34. The number of aryl methyl sites for hydroxylation is 1. The number of carbonyl (C=O) groups excluding carboxylic acids is 1. The summed E-state index contributed by atoms with van der Waals surface area (Å²) < 4.78 is 1.84. The zero-order valence-corrected chi connectivity index (χ0v) is 17.3. The van der Waals surface area contributed by atoms with Gasteiger partial charge in [-0.3, -0.25) is 4.79 Å².